The fourth-order valence-corrected chi connectivity index (χ4v) is 11.9. The van der Waals surface area contributed by atoms with Gasteiger partial charge in [-0.3, -0.25) is 72.0 Å². The molecule has 4 aliphatic rings. The van der Waals surface area contributed by atoms with Gasteiger partial charge in [0.15, 0.2) is 0 Å². The number of anilines is 1. The summed E-state index contributed by atoms with van der Waals surface area (Å²) >= 11 is 0.989. The highest BCUT2D eigenvalue weighted by Gasteiger charge is 2.45. The zero-order chi connectivity index (χ0) is 68.0. The van der Waals surface area contributed by atoms with Crippen LogP contribution in [0.1, 0.15) is 78.4 Å². The third-order valence-electron chi connectivity index (χ3n) is 16.5. The van der Waals surface area contributed by atoms with Gasteiger partial charge in [0.05, 0.1) is 43.4 Å². The third kappa shape index (κ3) is 18.7. The summed E-state index contributed by atoms with van der Waals surface area (Å²) in [5, 5.41) is 61.5. The van der Waals surface area contributed by atoms with E-state index in [9.17, 15) is 77.6 Å². The molecule has 3 aromatic rings. The van der Waals surface area contributed by atoms with Crippen LogP contribution in [0.15, 0.2) is 65.7 Å². The predicted octanol–water partition coefficient (Wildman–Crippen LogP) is -3.91. The van der Waals surface area contributed by atoms with Crippen molar-refractivity contribution in [2.75, 3.05) is 43.9 Å². The quantitative estimate of drug-likeness (QED) is 0.0541. The number of H-pyrrole nitrogens is 1. The number of amides is 14. The number of nitrogens with one attached hydrogen (secondary N) is 12. The highest BCUT2D eigenvalue weighted by Crippen LogP contribution is 2.32. The summed E-state index contributed by atoms with van der Waals surface area (Å²) < 4.78 is 0. The van der Waals surface area contributed by atoms with Gasteiger partial charge in [0.2, 0.25) is 70.9 Å². The lowest BCUT2D eigenvalue weighted by atomic mass is 9.93. The van der Waals surface area contributed by atoms with Crippen LogP contribution < -0.4 is 58.5 Å². The number of thioether (sulfide) groups is 1. The van der Waals surface area contributed by atoms with Crippen LogP contribution >= 0.6 is 11.8 Å². The molecule has 502 valence electrons. The molecule has 15 N–H and O–H groups in total. The minimum absolute atomic E-state index is 0.190. The number of fused-ring (bicyclic) bond motifs is 5. The topological polar surface area (TPSA) is 454 Å². The van der Waals surface area contributed by atoms with E-state index < -0.39 is 200 Å². The summed E-state index contributed by atoms with van der Waals surface area (Å²) in [6.07, 6.45) is -2.30. The summed E-state index contributed by atoms with van der Waals surface area (Å²) in [6, 6.07) is 1.18. The van der Waals surface area contributed by atoms with Gasteiger partial charge in [-0.15, -0.1) is 11.8 Å². The van der Waals surface area contributed by atoms with Crippen molar-refractivity contribution in [2.24, 2.45) is 17.8 Å². The van der Waals surface area contributed by atoms with Gasteiger partial charge < -0.3 is 83.7 Å². The first-order chi connectivity index (χ1) is 44.2. The van der Waals surface area contributed by atoms with Gasteiger partial charge >= 0.3 is 0 Å². The summed E-state index contributed by atoms with van der Waals surface area (Å²) in [6.45, 7) is 6.32. The number of carbonyl (C=O) groups excluding carboxylic acids is 14. The Bertz CT molecular complexity index is 3380. The molecule has 31 nitrogen and oxygen atoms in total. The maximum Gasteiger partial charge on any atom is 0.253 e. The lowest BCUT2D eigenvalue weighted by Gasteiger charge is -2.33. The van der Waals surface area contributed by atoms with Crippen molar-refractivity contribution >= 4 is 111 Å². The molecule has 32 heteroatoms. The Kier molecular flexibility index (Phi) is 24.7. The van der Waals surface area contributed by atoms with Gasteiger partial charge in [-0.2, -0.15) is 0 Å². The number of rotatable bonds is 18. The van der Waals surface area contributed by atoms with Crippen molar-refractivity contribution in [3.05, 3.63) is 71.8 Å². The van der Waals surface area contributed by atoms with Gasteiger partial charge in [0.1, 0.15) is 48.3 Å². The van der Waals surface area contributed by atoms with Gasteiger partial charge in [0.25, 0.3) is 11.8 Å². The number of carbonyl (C=O) groups is 14. The van der Waals surface area contributed by atoms with E-state index in [2.05, 4.69) is 63.5 Å². The molecule has 0 aliphatic carbocycles. The minimum atomic E-state index is -1.84. The Hall–Kier alpha value is -9.27. The fraction of sp³-hybridized carbons (Fsp3) is 0.508. The number of aliphatic hydroxyl groups excluding tert-OH is 3. The maximum atomic E-state index is 15.0. The molecule has 93 heavy (non-hydrogen) atoms. The summed E-state index contributed by atoms with van der Waals surface area (Å²) in [5.41, 5.74) is 1.68. The average Bonchev–Trinajstić information content (AvgIpc) is 1.70. The first-order valence-electron chi connectivity index (χ1n) is 30.5. The van der Waals surface area contributed by atoms with Gasteiger partial charge in [-0.05, 0) is 48.1 Å². The van der Waals surface area contributed by atoms with Gasteiger partial charge in [-0.1, -0.05) is 71.4 Å². The smallest absolute Gasteiger partial charge is 0.253 e. The normalized spacial score (nSPS) is 23.7. The SMILES string of the molecule is CC[C@H](C)[C@@H]1NC(=O)CNC(=O)C2Cc3c([nH]c4ccccc34)SC[C@@H](NC(=O)CNC1=O)C(=O)N[C@@H](CC(=O)NCc1ccc(NC(=O)[C@H](C)NC(=O)C(NC(=O)CCN3C(=O)C=CC3=O)C(C)C)cc1)C(=O)N1CC(O)C[C@H]1C(=O)N[C@@H]([C@@H](C)[C@@H](O)CO)C(=O)N2. The Morgan fingerprint density at radius 3 is 2.05 bits per heavy atom. The monoisotopic (exact) mass is 1310 g/mol. The van der Waals surface area contributed by atoms with E-state index in [0.717, 1.165) is 33.7 Å². The molecule has 0 radical (unpaired) electrons. The first kappa shape index (κ1) is 71.2. The zero-order valence-corrected chi connectivity index (χ0v) is 52.9. The molecular weight excluding hydrogens is 1230 g/mol. The third-order valence-corrected chi connectivity index (χ3v) is 17.6. The number of aromatic amines is 1. The fourth-order valence-electron chi connectivity index (χ4n) is 10.7. The molecule has 2 bridgehead atoms. The number of hydrogen-bond donors (Lipinski definition) is 15. The van der Waals surface area contributed by atoms with E-state index in [0.29, 0.717) is 33.5 Å². The molecule has 5 heterocycles. The Labute approximate surface area is 538 Å². The number of aromatic nitrogens is 1. The van der Waals surface area contributed by atoms with Crippen LogP contribution in [0.4, 0.5) is 5.69 Å². The van der Waals surface area contributed by atoms with E-state index >= 15 is 4.79 Å². The van der Waals surface area contributed by atoms with Crippen LogP contribution in [0, 0.1) is 17.8 Å². The van der Waals surface area contributed by atoms with Crippen molar-refractivity contribution in [1.29, 1.82) is 0 Å². The number of imide groups is 1. The van der Waals surface area contributed by atoms with Gasteiger partial charge in [-0.25, -0.2) is 0 Å². The summed E-state index contributed by atoms with van der Waals surface area (Å²) in [4.78, 5) is 197. The lowest BCUT2D eigenvalue weighted by molar-refractivity contribution is -0.144. The Balaban J connectivity index is 1.14. The largest absolute Gasteiger partial charge is 0.394 e. The van der Waals surface area contributed by atoms with Crippen LogP contribution in [-0.2, 0) is 80.1 Å². The molecule has 1 saturated heterocycles. The molecular formula is C61H80N14O17S. The number of benzene rings is 2. The molecule has 3 unspecified atom stereocenters. The maximum absolute atomic E-state index is 15.0. The molecule has 14 amide bonds. The highest BCUT2D eigenvalue weighted by molar-refractivity contribution is 7.99. The number of hydrogen-bond acceptors (Lipinski definition) is 18. The van der Waals surface area contributed by atoms with Crippen molar-refractivity contribution < 1.29 is 82.4 Å². The summed E-state index contributed by atoms with van der Waals surface area (Å²) in [5.74, 6) is -14.0. The standard InChI is InChI=1S/C61H80N14O17S/c1-7-30(4)51-57(89)64-24-46(81)67-41-28-93-60-37(36-10-8-9-11-38(36)70-60)21-39(54(86)63-25-47(82)72-51)68-59(91)52(31(5)43(78)27-76)73-56(88)42-20-35(77)26-75(42)61(92)40(69-55(41)87)22-45(80)62-23-33-12-14-34(15-13-33)66-53(85)32(6)65-58(90)50(29(2)3)71-44(79)18-19-74-48(83)16-17-49(74)84/h8-17,29-32,35,39-43,50-52,70,76-78H,7,18-28H2,1-6H3,(H,62,80)(H,63,86)(H,64,89)(H,65,90)(H,66,85)(H,67,81)(H,68,91)(H,69,87)(H,71,79)(H,72,82)(H,73,88)/t30-,31-,32-,35?,39?,40-,41+,42-,43-,50?,51-,52-/m0/s1. The van der Waals surface area contributed by atoms with Crippen molar-refractivity contribution in [1.82, 2.24) is 68.0 Å². The molecule has 0 spiro atoms. The minimum Gasteiger partial charge on any atom is -0.394 e. The van der Waals surface area contributed by atoms with E-state index in [4.69, 9.17) is 0 Å². The Morgan fingerprint density at radius 2 is 1.39 bits per heavy atom. The average molecular weight is 1310 g/mol. The van der Waals surface area contributed by atoms with Crippen LogP contribution in [0.5, 0.6) is 0 Å². The number of nitrogens with zero attached hydrogens (tertiary/aromatic N) is 2. The number of para-hydroxylation sites is 1. The lowest BCUT2D eigenvalue weighted by Crippen LogP contribution is -2.62. The number of aliphatic hydroxyl groups is 3. The molecule has 0 saturated carbocycles. The molecule has 2 aromatic carbocycles. The molecule has 7 rings (SSSR count). The van der Waals surface area contributed by atoms with Crippen LogP contribution in [-0.4, -0.2) is 212 Å². The van der Waals surface area contributed by atoms with Crippen molar-refractivity contribution in [3.63, 3.8) is 0 Å². The van der Waals surface area contributed by atoms with Crippen molar-refractivity contribution in [3.8, 4) is 0 Å². The van der Waals surface area contributed by atoms with E-state index in [1.807, 2.05) is 0 Å². The molecule has 1 fully saturated rings. The van der Waals surface area contributed by atoms with Crippen LogP contribution in [0.3, 0.4) is 0 Å². The predicted molar refractivity (Wildman–Crippen MR) is 333 cm³/mol. The molecule has 4 aliphatic heterocycles. The van der Waals surface area contributed by atoms with Crippen molar-refractivity contribution in [2.45, 2.75) is 146 Å². The van der Waals surface area contributed by atoms with Crippen LogP contribution in [0.25, 0.3) is 10.9 Å². The van der Waals surface area contributed by atoms with E-state index in [-0.39, 0.29) is 37.4 Å². The first-order valence-corrected chi connectivity index (χ1v) is 31.5. The molecule has 12 atom stereocenters. The Morgan fingerprint density at radius 1 is 0.720 bits per heavy atom. The second kappa shape index (κ2) is 32.3. The second-order valence-electron chi connectivity index (χ2n) is 23.7. The molecule has 1 aromatic heterocycles. The van der Waals surface area contributed by atoms with E-state index in [1.54, 1.807) is 64.1 Å². The highest BCUT2D eigenvalue weighted by atomic mass is 32.2. The summed E-state index contributed by atoms with van der Waals surface area (Å²) in [7, 11) is 0. The van der Waals surface area contributed by atoms with Crippen LogP contribution in [0.2, 0.25) is 0 Å². The van der Waals surface area contributed by atoms with E-state index in [1.165, 1.54) is 26.0 Å². The zero-order valence-electron chi connectivity index (χ0n) is 52.1. The second-order valence-corrected chi connectivity index (χ2v) is 24.7. The van der Waals surface area contributed by atoms with Gasteiger partial charge in [0, 0.05) is 79.3 Å².